The van der Waals surface area contributed by atoms with Crippen LogP contribution in [0.15, 0.2) is 42.7 Å². The summed E-state index contributed by atoms with van der Waals surface area (Å²) in [7, 11) is 0. The standard InChI is InChI=1S/C15H18N6/c1-2-9-21-14(7-8-18-21)15(20-16)13-10-17-11-5-3-4-6-12(11)19-13/h3-8,10,15,20H,2,9,16H2,1H3. The number of rotatable bonds is 5. The normalized spacial score (nSPS) is 12.7. The van der Waals surface area contributed by atoms with Crippen molar-refractivity contribution in [3.8, 4) is 0 Å². The molecule has 1 unspecified atom stereocenters. The van der Waals surface area contributed by atoms with Gasteiger partial charge in [0.25, 0.3) is 0 Å². The van der Waals surface area contributed by atoms with Crippen molar-refractivity contribution in [1.29, 1.82) is 0 Å². The Hall–Kier alpha value is -2.31. The maximum atomic E-state index is 5.75. The Morgan fingerprint density at radius 2 is 2.05 bits per heavy atom. The molecule has 0 aliphatic carbocycles. The van der Waals surface area contributed by atoms with Gasteiger partial charge in [-0.2, -0.15) is 5.10 Å². The fraction of sp³-hybridized carbons (Fsp3) is 0.267. The lowest BCUT2D eigenvalue weighted by Gasteiger charge is -2.17. The molecule has 6 nitrogen and oxygen atoms in total. The average molecular weight is 282 g/mol. The van der Waals surface area contributed by atoms with Crippen LogP contribution in [0.25, 0.3) is 11.0 Å². The van der Waals surface area contributed by atoms with Crippen molar-refractivity contribution in [2.24, 2.45) is 5.84 Å². The van der Waals surface area contributed by atoms with Crippen molar-refractivity contribution in [2.45, 2.75) is 25.9 Å². The van der Waals surface area contributed by atoms with Gasteiger partial charge in [-0.05, 0) is 24.6 Å². The zero-order valence-corrected chi connectivity index (χ0v) is 11.9. The van der Waals surface area contributed by atoms with Crippen LogP contribution in [0.4, 0.5) is 0 Å². The first kappa shape index (κ1) is 13.7. The summed E-state index contributed by atoms with van der Waals surface area (Å²) in [6.45, 7) is 2.97. The number of hydrazine groups is 1. The van der Waals surface area contributed by atoms with Gasteiger partial charge in [0, 0.05) is 12.7 Å². The van der Waals surface area contributed by atoms with E-state index < -0.39 is 0 Å². The van der Waals surface area contributed by atoms with Crippen molar-refractivity contribution in [3.63, 3.8) is 0 Å². The Balaban J connectivity index is 2.03. The third-order valence-electron chi connectivity index (χ3n) is 3.41. The first-order valence-corrected chi connectivity index (χ1v) is 7.03. The zero-order chi connectivity index (χ0) is 14.7. The van der Waals surface area contributed by atoms with Gasteiger partial charge < -0.3 is 0 Å². The van der Waals surface area contributed by atoms with Gasteiger partial charge in [0.1, 0.15) is 6.04 Å². The molecule has 3 N–H and O–H groups in total. The number of nitrogens with one attached hydrogen (secondary N) is 1. The molecule has 0 saturated heterocycles. The molecular weight excluding hydrogens is 264 g/mol. The molecule has 0 aliphatic rings. The molecule has 0 bridgehead atoms. The highest BCUT2D eigenvalue weighted by molar-refractivity contribution is 5.73. The van der Waals surface area contributed by atoms with Gasteiger partial charge in [-0.15, -0.1) is 0 Å². The van der Waals surface area contributed by atoms with E-state index in [1.807, 2.05) is 35.0 Å². The minimum Gasteiger partial charge on any atom is -0.270 e. The lowest BCUT2D eigenvalue weighted by atomic mass is 10.1. The third kappa shape index (κ3) is 2.63. The molecule has 0 radical (unpaired) electrons. The van der Waals surface area contributed by atoms with Gasteiger partial charge in [0.15, 0.2) is 0 Å². The van der Waals surface area contributed by atoms with Gasteiger partial charge in [-0.25, -0.2) is 10.4 Å². The maximum Gasteiger partial charge on any atom is 0.106 e. The topological polar surface area (TPSA) is 81.7 Å². The van der Waals surface area contributed by atoms with E-state index in [0.717, 1.165) is 35.4 Å². The molecule has 0 spiro atoms. The van der Waals surface area contributed by atoms with E-state index in [2.05, 4.69) is 27.4 Å². The zero-order valence-electron chi connectivity index (χ0n) is 11.9. The largest absolute Gasteiger partial charge is 0.270 e. The van der Waals surface area contributed by atoms with Crippen molar-refractivity contribution in [2.75, 3.05) is 0 Å². The molecule has 3 rings (SSSR count). The number of nitrogens with two attached hydrogens (primary N) is 1. The van der Waals surface area contributed by atoms with Gasteiger partial charge in [0.05, 0.1) is 28.6 Å². The lowest BCUT2D eigenvalue weighted by molar-refractivity contribution is 0.515. The van der Waals surface area contributed by atoms with E-state index in [9.17, 15) is 0 Å². The summed E-state index contributed by atoms with van der Waals surface area (Å²) in [5, 5.41) is 4.34. The Kier molecular flexibility index (Phi) is 3.89. The molecule has 0 saturated carbocycles. The quantitative estimate of drug-likeness (QED) is 0.551. The highest BCUT2D eigenvalue weighted by atomic mass is 15.3. The molecule has 0 amide bonds. The summed E-state index contributed by atoms with van der Waals surface area (Å²) in [5.74, 6) is 5.75. The number of hydrogen-bond acceptors (Lipinski definition) is 5. The fourth-order valence-electron chi connectivity index (χ4n) is 2.42. The summed E-state index contributed by atoms with van der Waals surface area (Å²) < 4.78 is 1.95. The number of aromatic nitrogens is 4. The van der Waals surface area contributed by atoms with Crippen LogP contribution in [-0.2, 0) is 6.54 Å². The molecule has 6 heteroatoms. The number of nitrogens with zero attached hydrogens (tertiary/aromatic N) is 4. The fourth-order valence-corrected chi connectivity index (χ4v) is 2.42. The number of para-hydroxylation sites is 2. The second kappa shape index (κ2) is 5.99. The number of fused-ring (bicyclic) bond motifs is 1. The van der Waals surface area contributed by atoms with Crippen LogP contribution in [-0.4, -0.2) is 19.7 Å². The van der Waals surface area contributed by atoms with Crippen molar-refractivity contribution in [1.82, 2.24) is 25.2 Å². The van der Waals surface area contributed by atoms with Gasteiger partial charge in [0.2, 0.25) is 0 Å². The first-order chi connectivity index (χ1) is 10.3. The Morgan fingerprint density at radius 3 is 2.81 bits per heavy atom. The monoisotopic (exact) mass is 282 g/mol. The van der Waals surface area contributed by atoms with Crippen LogP contribution >= 0.6 is 0 Å². The summed E-state index contributed by atoms with van der Waals surface area (Å²) >= 11 is 0. The summed E-state index contributed by atoms with van der Waals surface area (Å²) in [5.41, 5.74) is 6.33. The van der Waals surface area contributed by atoms with E-state index in [1.165, 1.54) is 0 Å². The highest BCUT2D eigenvalue weighted by Gasteiger charge is 2.19. The average Bonchev–Trinajstić information content (AvgIpc) is 2.97. The van der Waals surface area contributed by atoms with Crippen LogP contribution in [0, 0.1) is 0 Å². The predicted octanol–water partition coefficient (Wildman–Crippen LogP) is 1.79. The van der Waals surface area contributed by atoms with Crippen LogP contribution < -0.4 is 11.3 Å². The molecule has 0 aliphatic heterocycles. The third-order valence-corrected chi connectivity index (χ3v) is 3.41. The minimum absolute atomic E-state index is 0.226. The van der Waals surface area contributed by atoms with Crippen LogP contribution in [0.3, 0.4) is 0 Å². The second-order valence-corrected chi connectivity index (χ2v) is 4.86. The molecule has 2 heterocycles. The summed E-state index contributed by atoms with van der Waals surface area (Å²) in [6, 6.07) is 9.52. The van der Waals surface area contributed by atoms with Crippen molar-refractivity contribution in [3.05, 3.63) is 54.1 Å². The molecule has 1 atom stereocenters. The van der Waals surface area contributed by atoms with E-state index in [1.54, 1.807) is 12.4 Å². The van der Waals surface area contributed by atoms with E-state index in [0.29, 0.717) is 0 Å². The lowest BCUT2D eigenvalue weighted by Crippen LogP contribution is -2.31. The van der Waals surface area contributed by atoms with Crippen LogP contribution in [0.5, 0.6) is 0 Å². The molecule has 1 aromatic carbocycles. The van der Waals surface area contributed by atoms with Gasteiger partial charge in [-0.3, -0.25) is 15.5 Å². The van der Waals surface area contributed by atoms with Crippen molar-refractivity contribution < 1.29 is 0 Å². The summed E-state index contributed by atoms with van der Waals surface area (Å²) in [6.07, 6.45) is 4.55. The number of benzene rings is 1. The molecule has 21 heavy (non-hydrogen) atoms. The minimum atomic E-state index is -0.226. The predicted molar refractivity (Wildman–Crippen MR) is 81.2 cm³/mol. The molecule has 0 fully saturated rings. The van der Waals surface area contributed by atoms with Crippen LogP contribution in [0.2, 0.25) is 0 Å². The van der Waals surface area contributed by atoms with Crippen molar-refractivity contribution >= 4 is 11.0 Å². The van der Waals surface area contributed by atoms with E-state index >= 15 is 0 Å². The Morgan fingerprint density at radius 1 is 1.24 bits per heavy atom. The molecule has 2 aromatic heterocycles. The second-order valence-electron chi connectivity index (χ2n) is 4.86. The van der Waals surface area contributed by atoms with Gasteiger partial charge >= 0.3 is 0 Å². The molecular formula is C15H18N6. The number of hydrogen-bond donors (Lipinski definition) is 2. The maximum absolute atomic E-state index is 5.75. The molecule has 3 aromatic rings. The van der Waals surface area contributed by atoms with Crippen LogP contribution in [0.1, 0.15) is 30.8 Å². The smallest absolute Gasteiger partial charge is 0.106 e. The number of aryl methyl sites for hydroxylation is 1. The van der Waals surface area contributed by atoms with Gasteiger partial charge in [-0.1, -0.05) is 19.1 Å². The molecule has 108 valence electrons. The Labute approximate surface area is 123 Å². The Bertz CT molecular complexity index is 736. The van der Waals surface area contributed by atoms with E-state index in [-0.39, 0.29) is 6.04 Å². The highest BCUT2D eigenvalue weighted by Crippen LogP contribution is 2.21. The van der Waals surface area contributed by atoms with E-state index in [4.69, 9.17) is 5.84 Å². The first-order valence-electron chi connectivity index (χ1n) is 7.03. The summed E-state index contributed by atoms with van der Waals surface area (Å²) in [4.78, 5) is 9.11. The SMILES string of the molecule is CCCn1nccc1C(NN)c1cnc2ccccc2n1.